The summed E-state index contributed by atoms with van der Waals surface area (Å²) in [6, 6.07) is 14.9. The number of amides is 1. The largest absolute Gasteiger partial charge is 0.338 e. The summed E-state index contributed by atoms with van der Waals surface area (Å²) in [6.45, 7) is 4.51. The van der Waals surface area contributed by atoms with Crippen LogP contribution in [0.3, 0.4) is 0 Å². The Bertz CT molecular complexity index is 1330. The molecule has 2 aromatic carbocycles. The van der Waals surface area contributed by atoms with Crippen molar-refractivity contribution in [1.82, 2.24) is 19.8 Å². The van der Waals surface area contributed by atoms with Gasteiger partial charge in [0.25, 0.3) is 5.91 Å². The SMILES string of the molecule is O=C(c1cccc2nccnc12)N1CC(CN2CCC(c3ccc(F)cc3)CC2)C(c2ccsc2)C1. The number of thiophene rings is 1. The van der Waals surface area contributed by atoms with Crippen LogP contribution in [0.4, 0.5) is 4.39 Å². The minimum absolute atomic E-state index is 0.0406. The van der Waals surface area contributed by atoms with Gasteiger partial charge in [-0.25, -0.2) is 4.39 Å². The number of fused-ring (bicyclic) bond motifs is 1. The number of aromatic nitrogens is 2. The molecule has 2 atom stereocenters. The van der Waals surface area contributed by atoms with Gasteiger partial charge in [-0.3, -0.25) is 14.8 Å². The Morgan fingerprint density at radius 3 is 2.56 bits per heavy atom. The van der Waals surface area contributed by atoms with Gasteiger partial charge in [0.05, 0.1) is 11.1 Å². The van der Waals surface area contributed by atoms with Gasteiger partial charge in [0.2, 0.25) is 0 Å². The van der Waals surface area contributed by atoms with Crippen molar-refractivity contribution < 1.29 is 9.18 Å². The summed E-state index contributed by atoms with van der Waals surface area (Å²) in [7, 11) is 0. The van der Waals surface area contributed by atoms with Gasteiger partial charge < -0.3 is 9.80 Å². The summed E-state index contributed by atoms with van der Waals surface area (Å²) in [5, 5.41) is 4.36. The van der Waals surface area contributed by atoms with Crippen LogP contribution in [0.2, 0.25) is 0 Å². The maximum atomic E-state index is 13.7. The fourth-order valence-corrected chi connectivity index (χ4v) is 6.66. The van der Waals surface area contributed by atoms with Gasteiger partial charge in [0.15, 0.2) is 0 Å². The van der Waals surface area contributed by atoms with E-state index in [-0.39, 0.29) is 11.7 Å². The molecule has 184 valence electrons. The molecule has 4 heterocycles. The second-order valence-electron chi connectivity index (χ2n) is 9.99. The second kappa shape index (κ2) is 10.1. The van der Waals surface area contributed by atoms with E-state index >= 15 is 0 Å². The number of rotatable bonds is 5. The molecule has 0 N–H and O–H groups in total. The highest BCUT2D eigenvalue weighted by molar-refractivity contribution is 7.08. The van der Waals surface area contributed by atoms with Gasteiger partial charge in [-0.1, -0.05) is 18.2 Å². The van der Waals surface area contributed by atoms with Crippen LogP contribution in [-0.4, -0.2) is 58.4 Å². The van der Waals surface area contributed by atoms with Crippen LogP contribution in [0.15, 0.2) is 71.7 Å². The van der Waals surface area contributed by atoms with E-state index in [9.17, 15) is 9.18 Å². The normalized spacial score (nSPS) is 21.3. The number of hydrogen-bond acceptors (Lipinski definition) is 5. The molecule has 2 fully saturated rings. The van der Waals surface area contributed by atoms with Crippen LogP contribution < -0.4 is 0 Å². The summed E-state index contributed by atoms with van der Waals surface area (Å²) in [5.41, 5.74) is 4.62. The molecule has 7 heteroatoms. The van der Waals surface area contributed by atoms with E-state index in [1.807, 2.05) is 35.2 Å². The highest BCUT2D eigenvalue weighted by Gasteiger charge is 2.38. The lowest BCUT2D eigenvalue weighted by Crippen LogP contribution is -2.38. The molecule has 2 aromatic heterocycles. The molecule has 0 radical (unpaired) electrons. The molecule has 4 aromatic rings. The van der Waals surface area contributed by atoms with Gasteiger partial charge in [-0.2, -0.15) is 11.3 Å². The molecule has 1 amide bonds. The Labute approximate surface area is 214 Å². The van der Waals surface area contributed by atoms with E-state index in [0.29, 0.717) is 28.8 Å². The van der Waals surface area contributed by atoms with Crippen molar-refractivity contribution in [2.45, 2.75) is 24.7 Å². The molecule has 0 bridgehead atoms. The predicted octanol–water partition coefficient (Wildman–Crippen LogP) is 5.57. The molecule has 2 aliphatic rings. The Kier molecular flexibility index (Phi) is 6.50. The van der Waals surface area contributed by atoms with E-state index in [2.05, 4.69) is 31.7 Å². The van der Waals surface area contributed by atoms with Gasteiger partial charge in [-0.15, -0.1) is 0 Å². The van der Waals surface area contributed by atoms with E-state index < -0.39 is 0 Å². The number of likely N-dealkylation sites (tertiary alicyclic amines) is 2. The third-order valence-electron chi connectivity index (χ3n) is 7.85. The van der Waals surface area contributed by atoms with Crippen LogP contribution >= 0.6 is 11.3 Å². The van der Waals surface area contributed by atoms with Gasteiger partial charge in [0, 0.05) is 37.9 Å². The molecule has 5 nitrogen and oxygen atoms in total. The molecular formula is C29H29FN4OS. The first-order valence-electron chi connectivity index (χ1n) is 12.6. The van der Waals surface area contributed by atoms with Crippen molar-refractivity contribution >= 4 is 28.3 Å². The number of carbonyl (C=O) groups excluding carboxylic acids is 1. The van der Waals surface area contributed by atoms with Crippen LogP contribution in [0.5, 0.6) is 0 Å². The zero-order chi connectivity index (χ0) is 24.5. The van der Waals surface area contributed by atoms with Crippen LogP contribution in [0, 0.1) is 11.7 Å². The topological polar surface area (TPSA) is 49.3 Å². The lowest BCUT2D eigenvalue weighted by Gasteiger charge is -2.34. The average molecular weight is 501 g/mol. The molecule has 2 aliphatic heterocycles. The zero-order valence-electron chi connectivity index (χ0n) is 20.1. The third kappa shape index (κ3) is 4.65. The molecular weight excluding hydrogens is 471 g/mol. The van der Waals surface area contributed by atoms with Crippen LogP contribution in [0.25, 0.3) is 11.0 Å². The summed E-state index contributed by atoms with van der Waals surface area (Å²) >= 11 is 1.72. The number of benzene rings is 2. The molecule has 6 rings (SSSR count). The first kappa shape index (κ1) is 23.3. The highest BCUT2D eigenvalue weighted by atomic mass is 32.1. The Hall–Kier alpha value is -3.16. The molecule has 2 unspecified atom stereocenters. The highest BCUT2D eigenvalue weighted by Crippen LogP contribution is 2.37. The number of piperidine rings is 1. The maximum Gasteiger partial charge on any atom is 0.256 e. The van der Waals surface area contributed by atoms with Gasteiger partial charge in [-0.05, 0) is 90.0 Å². The first-order valence-corrected chi connectivity index (χ1v) is 13.6. The predicted molar refractivity (Wildman–Crippen MR) is 141 cm³/mol. The van der Waals surface area contributed by atoms with Crippen LogP contribution in [0.1, 0.15) is 46.2 Å². The lowest BCUT2D eigenvalue weighted by molar-refractivity contribution is 0.0783. The fourth-order valence-electron chi connectivity index (χ4n) is 5.94. The summed E-state index contributed by atoms with van der Waals surface area (Å²) in [6.07, 6.45) is 5.47. The minimum Gasteiger partial charge on any atom is -0.338 e. The van der Waals surface area contributed by atoms with Crippen LogP contribution in [-0.2, 0) is 0 Å². The third-order valence-corrected chi connectivity index (χ3v) is 8.55. The Morgan fingerprint density at radius 2 is 1.78 bits per heavy atom. The fraction of sp³-hybridized carbons (Fsp3) is 0.345. The first-order chi connectivity index (χ1) is 17.7. The smallest absolute Gasteiger partial charge is 0.256 e. The van der Waals surface area contributed by atoms with E-state index in [4.69, 9.17) is 0 Å². The molecule has 0 aliphatic carbocycles. The summed E-state index contributed by atoms with van der Waals surface area (Å²) in [4.78, 5) is 27.1. The van der Waals surface area contributed by atoms with Crippen molar-refractivity contribution in [2.75, 3.05) is 32.7 Å². The quantitative estimate of drug-likeness (QED) is 0.360. The van der Waals surface area contributed by atoms with Crippen molar-refractivity contribution in [3.05, 3.63) is 94.2 Å². The standard InChI is InChI=1S/C29H29FN4OS/c30-24-6-4-20(5-7-24)21-8-13-33(14-9-21)16-23-17-34(18-26(23)22-10-15-36-19-22)29(35)25-2-1-3-27-28(25)32-12-11-31-27/h1-7,10-12,15,19,21,23,26H,8-9,13-14,16-18H2. The zero-order valence-corrected chi connectivity index (χ0v) is 20.9. The number of nitrogens with zero attached hydrogens (tertiary/aromatic N) is 4. The molecule has 36 heavy (non-hydrogen) atoms. The minimum atomic E-state index is -0.175. The monoisotopic (exact) mass is 500 g/mol. The van der Waals surface area contributed by atoms with Gasteiger partial charge in [0.1, 0.15) is 11.3 Å². The Morgan fingerprint density at radius 1 is 0.972 bits per heavy atom. The van der Waals surface area contributed by atoms with Crippen molar-refractivity contribution in [3.63, 3.8) is 0 Å². The number of para-hydroxylation sites is 1. The van der Waals surface area contributed by atoms with Crippen molar-refractivity contribution in [1.29, 1.82) is 0 Å². The summed E-state index contributed by atoms with van der Waals surface area (Å²) < 4.78 is 13.3. The van der Waals surface area contributed by atoms with Crippen molar-refractivity contribution in [2.24, 2.45) is 5.92 Å². The van der Waals surface area contributed by atoms with E-state index in [1.54, 1.807) is 35.9 Å². The van der Waals surface area contributed by atoms with E-state index in [0.717, 1.165) is 51.1 Å². The number of hydrogen-bond donors (Lipinski definition) is 0. The average Bonchev–Trinajstić information content (AvgIpc) is 3.59. The molecule has 0 spiro atoms. The molecule has 2 saturated heterocycles. The maximum absolute atomic E-state index is 13.7. The number of halogens is 1. The van der Waals surface area contributed by atoms with Gasteiger partial charge >= 0.3 is 0 Å². The second-order valence-corrected chi connectivity index (χ2v) is 10.8. The molecule has 0 saturated carbocycles. The summed E-state index contributed by atoms with van der Waals surface area (Å²) in [5.74, 6) is 1.07. The van der Waals surface area contributed by atoms with E-state index in [1.165, 1.54) is 11.1 Å². The van der Waals surface area contributed by atoms with Crippen molar-refractivity contribution in [3.8, 4) is 0 Å². The number of carbonyl (C=O) groups is 1. The Balaban J connectivity index is 1.17. The lowest BCUT2D eigenvalue weighted by atomic mass is 9.87.